The number of carbonyl (C=O) groups excluding carboxylic acids is 1. The van der Waals surface area contributed by atoms with Crippen LogP contribution in [0.2, 0.25) is 0 Å². The molecule has 1 aromatic rings. The van der Waals surface area contributed by atoms with Crippen LogP contribution in [0.1, 0.15) is 12.5 Å². The summed E-state index contributed by atoms with van der Waals surface area (Å²) >= 11 is 0. The fraction of sp³-hybridized carbons (Fsp3) is 0.250. The van der Waals surface area contributed by atoms with Crippen molar-refractivity contribution in [3.63, 3.8) is 0 Å². The van der Waals surface area contributed by atoms with Gasteiger partial charge in [0.15, 0.2) is 0 Å². The first-order valence-corrected chi connectivity index (χ1v) is 4.77. The monoisotopic (exact) mass is 187 g/mol. The fourth-order valence-electron chi connectivity index (χ4n) is 2.00. The first-order valence-electron chi connectivity index (χ1n) is 4.77. The summed E-state index contributed by atoms with van der Waals surface area (Å²) in [6, 6.07) is 8.27. The van der Waals surface area contributed by atoms with E-state index in [2.05, 4.69) is 19.6 Å². The van der Waals surface area contributed by atoms with E-state index in [1.807, 2.05) is 23.1 Å². The number of nitrogens with zero attached hydrogens (tertiary/aromatic N) is 1. The number of rotatable bonds is 1. The zero-order valence-corrected chi connectivity index (χ0v) is 8.23. The molecule has 0 saturated heterocycles. The molecule has 0 bridgehead atoms. The second-order valence-electron chi connectivity index (χ2n) is 3.59. The minimum atomic E-state index is -0.0116. The third-order valence-corrected chi connectivity index (χ3v) is 2.62. The number of hydrogen-bond acceptors (Lipinski definition) is 1. The number of carbonyl (C=O) groups is 1. The second kappa shape index (κ2) is 3.29. The molecule has 1 atom stereocenters. The van der Waals surface area contributed by atoms with Crippen LogP contribution in [0.4, 0.5) is 5.69 Å². The van der Waals surface area contributed by atoms with Gasteiger partial charge < -0.3 is 4.90 Å². The highest BCUT2D eigenvalue weighted by molar-refractivity contribution is 6.03. The lowest BCUT2D eigenvalue weighted by Crippen LogP contribution is -2.34. The van der Waals surface area contributed by atoms with E-state index in [1.165, 1.54) is 11.6 Å². The molecule has 0 aromatic heterocycles. The van der Waals surface area contributed by atoms with Gasteiger partial charge in [0.25, 0.3) is 5.91 Å². The van der Waals surface area contributed by atoms with E-state index < -0.39 is 0 Å². The molecule has 0 radical (unpaired) electrons. The van der Waals surface area contributed by atoms with E-state index in [9.17, 15) is 4.79 Å². The third-order valence-electron chi connectivity index (χ3n) is 2.62. The number of hydrogen-bond donors (Lipinski definition) is 0. The Hall–Kier alpha value is -1.57. The van der Waals surface area contributed by atoms with Gasteiger partial charge in [-0.05, 0) is 31.1 Å². The van der Waals surface area contributed by atoms with Gasteiger partial charge in [-0.1, -0.05) is 24.8 Å². The Kier molecular flexibility index (Phi) is 2.12. The Balaban J connectivity index is 2.44. The first kappa shape index (κ1) is 9.00. The Morgan fingerprint density at radius 2 is 2.29 bits per heavy atom. The zero-order chi connectivity index (χ0) is 10.1. The van der Waals surface area contributed by atoms with Gasteiger partial charge in [-0.3, -0.25) is 4.79 Å². The molecule has 14 heavy (non-hydrogen) atoms. The van der Waals surface area contributed by atoms with Crippen LogP contribution in [0.25, 0.3) is 0 Å². The summed E-state index contributed by atoms with van der Waals surface area (Å²) in [6.45, 7) is 5.58. The molecule has 1 aliphatic rings. The lowest BCUT2D eigenvalue weighted by molar-refractivity contribution is -0.114. The van der Waals surface area contributed by atoms with Crippen LogP contribution in [0, 0.1) is 0 Å². The van der Waals surface area contributed by atoms with E-state index in [1.54, 1.807) is 0 Å². The fourth-order valence-corrected chi connectivity index (χ4v) is 2.00. The molecule has 2 rings (SSSR count). The van der Waals surface area contributed by atoms with Crippen LogP contribution in [-0.2, 0) is 11.2 Å². The van der Waals surface area contributed by atoms with Crippen molar-refractivity contribution in [2.45, 2.75) is 19.4 Å². The van der Waals surface area contributed by atoms with Gasteiger partial charge in [-0.2, -0.15) is 0 Å². The van der Waals surface area contributed by atoms with Gasteiger partial charge in [0.1, 0.15) is 0 Å². The summed E-state index contributed by atoms with van der Waals surface area (Å²) < 4.78 is 0. The van der Waals surface area contributed by atoms with Crippen LogP contribution >= 0.6 is 0 Å². The van der Waals surface area contributed by atoms with Crippen molar-refractivity contribution in [3.05, 3.63) is 42.5 Å². The van der Waals surface area contributed by atoms with Crippen molar-refractivity contribution in [1.82, 2.24) is 0 Å². The van der Waals surface area contributed by atoms with Gasteiger partial charge in [0.2, 0.25) is 0 Å². The SMILES string of the molecule is C=CC(=O)N1c2ccccc2C[C@@H]1C. The van der Waals surface area contributed by atoms with Crippen LogP contribution in [0.15, 0.2) is 36.9 Å². The lowest BCUT2D eigenvalue weighted by atomic mass is 10.1. The lowest BCUT2D eigenvalue weighted by Gasteiger charge is -2.20. The Morgan fingerprint density at radius 1 is 1.57 bits per heavy atom. The summed E-state index contributed by atoms with van der Waals surface area (Å²) in [5.41, 5.74) is 2.28. The average Bonchev–Trinajstić information content (AvgIpc) is 2.53. The summed E-state index contributed by atoms with van der Waals surface area (Å²) in [5, 5.41) is 0. The Morgan fingerprint density at radius 3 is 3.00 bits per heavy atom. The van der Waals surface area contributed by atoms with E-state index >= 15 is 0 Å². The third kappa shape index (κ3) is 1.23. The summed E-state index contributed by atoms with van der Waals surface area (Å²) in [6.07, 6.45) is 2.31. The molecule has 2 heteroatoms. The van der Waals surface area contributed by atoms with E-state index in [4.69, 9.17) is 0 Å². The van der Waals surface area contributed by atoms with E-state index in [0.29, 0.717) is 0 Å². The van der Waals surface area contributed by atoms with Gasteiger partial charge in [0, 0.05) is 11.7 Å². The highest BCUT2D eigenvalue weighted by atomic mass is 16.2. The quantitative estimate of drug-likeness (QED) is 0.617. The van der Waals surface area contributed by atoms with Crippen LogP contribution in [-0.4, -0.2) is 11.9 Å². The molecule has 1 heterocycles. The summed E-state index contributed by atoms with van der Waals surface area (Å²) in [5.74, 6) is -0.0116. The highest BCUT2D eigenvalue weighted by Crippen LogP contribution is 2.31. The smallest absolute Gasteiger partial charge is 0.250 e. The molecule has 1 aromatic carbocycles. The molecule has 0 N–H and O–H groups in total. The largest absolute Gasteiger partial charge is 0.306 e. The van der Waals surface area contributed by atoms with Gasteiger partial charge in [-0.15, -0.1) is 0 Å². The molecular formula is C12H13NO. The number of anilines is 1. The van der Waals surface area contributed by atoms with Crippen LogP contribution < -0.4 is 4.90 Å². The molecule has 0 fully saturated rings. The highest BCUT2D eigenvalue weighted by Gasteiger charge is 2.28. The standard InChI is InChI=1S/C12H13NO/c1-3-12(14)13-9(2)8-10-6-4-5-7-11(10)13/h3-7,9H,1,8H2,2H3/t9-/m0/s1. The number of para-hydroxylation sites is 1. The molecule has 0 aliphatic carbocycles. The van der Waals surface area contributed by atoms with E-state index in [0.717, 1.165) is 12.1 Å². The van der Waals surface area contributed by atoms with Crippen LogP contribution in [0.3, 0.4) is 0 Å². The predicted molar refractivity (Wildman–Crippen MR) is 57.3 cm³/mol. The molecule has 1 aliphatic heterocycles. The Bertz CT molecular complexity index is 384. The minimum Gasteiger partial charge on any atom is -0.306 e. The van der Waals surface area contributed by atoms with Crippen molar-refractivity contribution in [1.29, 1.82) is 0 Å². The molecule has 0 unspecified atom stereocenters. The second-order valence-corrected chi connectivity index (χ2v) is 3.59. The molecule has 72 valence electrons. The summed E-state index contributed by atoms with van der Waals surface area (Å²) in [4.78, 5) is 13.4. The van der Waals surface area contributed by atoms with Crippen molar-refractivity contribution in [3.8, 4) is 0 Å². The van der Waals surface area contributed by atoms with Gasteiger partial charge >= 0.3 is 0 Å². The zero-order valence-electron chi connectivity index (χ0n) is 8.23. The molecule has 2 nitrogen and oxygen atoms in total. The van der Waals surface area contributed by atoms with Crippen molar-refractivity contribution in [2.75, 3.05) is 4.90 Å². The van der Waals surface area contributed by atoms with Crippen LogP contribution in [0.5, 0.6) is 0 Å². The normalized spacial score (nSPS) is 19.2. The molecule has 1 amide bonds. The molecule has 0 saturated carbocycles. The Labute approximate surface area is 83.8 Å². The number of benzene rings is 1. The van der Waals surface area contributed by atoms with Crippen molar-refractivity contribution in [2.24, 2.45) is 0 Å². The van der Waals surface area contributed by atoms with Crippen molar-refractivity contribution < 1.29 is 4.79 Å². The molecular weight excluding hydrogens is 174 g/mol. The average molecular weight is 187 g/mol. The molecule has 0 spiro atoms. The maximum atomic E-state index is 11.6. The van der Waals surface area contributed by atoms with Gasteiger partial charge in [0.05, 0.1) is 0 Å². The van der Waals surface area contributed by atoms with Gasteiger partial charge in [-0.25, -0.2) is 0 Å². The minimum absolute atomic E-state index is 0.0116. The van der Waals surface area contributed by atoms with E-state index in [-0.39, 0.29) is 11.9 Å². The predicted octanol–water partition coefficient (Wildman–Crippen LogP) is 2.15. The number of fused-ring (bicyclic) bond motifs is 1. The summed E-state index contributed by atoms with van der Waals surface area (Å²) in [7, 11) is 0. The topological polar surface area (TPSA) is 20.3 Å². The number of amides is 1. The van der Waals surface area contributed by atoms with Crippen molar-refractivity contribution >= 4 is 11.6 Å². The first-order chi connectivity index (χ1) is 6.74. The maximum Gasteiger partial charge on any atom is 0.250 e. The maximum absolute atomic E-state index is 11.6.